The van der Waals surface area contributed by atoms with Crippen LogP contribution in [0.2, 0.25) is 0 Å². The van der Waals surface area contributed by atoms with Crippen molar-refractivity contribution in [2.24, 2.45) is 0 Å². The van der Waals surface area contributed by atoms with Crippen LogP contribution in [-0.4, -0.2) is 58.7 Å². The normalized spacial score (nSPS) is 14.7. The highest BCUT2D eigenvalue weighted by atomic mass is 16.7. The zero-order valence-electron chi connectivity index (χ0n) is 20.3. The van der Waals surface area contributed by atoms with Gasteiger partial charge in [0.1, 0.15) is 24.3 Å². The zero-order chi connectivity index (χ0) is 25.1. The topological polar surface area (TPSA) is 121 Å². The van der Waals surface area contributed by atoms with Crippen LogP contribution >= 0.6 is 0 Å². The second-order valence-electron chi connectivity index (χ2n) is 9.11. The fourth-order valence-corrected chi connectivity index (χ4v) is 4.18. The van der Waals surface area contributed by atoms with E-state index < -0.39 is 5.54 Å². The summed E-state index contributed by atoms with van der Waals surface area (Å²) in [5.41, 5.74) is -0.335. The fourth-order valence-electron chi connectivity index (χ4n) is 4.18. The number of anilines is 1. The third kappa shape index (κ3) is 4.81. The van der Waals surface area contributed by atoms with Crippen molar-refractivity contribution in [1.82, 2.24) is 25.1 Å². The van der Waals surface area contributed by atoms with Gasteiger partial charge in [-0.1, -0.05) is 0 Å². The number of carbonyl (C=O) groups excluding carboxylic acids is 1. The standard InChI is InChI=1S/C25H28N6O5/c1-25(2,24(33)26-9-12-34-22-14-21(27-15-28-22)30-10-3-4-11-30)31-23(32)8-6-18(29-31)17-5-7-19-20(13-17)36-16-35-19/h5-8,13-15H,3-4,9-12,16H2,1-2H3,(H,26,33). The summed E-state index contributed by atoms with van der Waals surface area (Å²) in [4.78, 5) is 36.3. The summed E-state index contributed by atoms with van der Waals surface area (Å²) in [6.07, 6.45) is 3.79. The SMILES string of the molecule is CC(C)(C(=O)NCCOc1cc(N2CCCC2)ncn1)n1nc(-c2ccc3c(c2)OCO3)ccc1=O. The molecule has 36 heavy (non-hydrogen) atoms. The molecule has 2 aliphatic heterocycles. The molecule has 0 spiro atoms. The van der Waals surface area contributed by atoms with Gasteiger partial charge in [0.2, 0.25) is 18.6 Å². The molecule has 0 atom stereocenters. The van der Waals surface area contributed by atoms with E-state index in [-0.39, 0.29) is 31.4 Å². The highest BCUT2D eigenvalue weighted by molar-refractivity contribution is 5.83. The van der Waals surface area contributed by atoms with E-state index in [1.54, 1.807) is 32.0 Å². The van der Waals surface area contributed by atoms with Crippen molar-refractivity contribution in [2.75, 3.05) is 37.9 Å². The van der Waals surface area contributed by atoms with Crippen LogP contribution in [-0.2, 0) is 10.3 Å². The third-order valence-corrected chi connectivity index (χ3v) is 6.25. The molecule has 1 N–H and O–H groups in total. The van der Waals surface area contributed by atoms with Gasteiger partial charge in [0.25, 0.3) is 5.56 Å². The van der Waals surface area contributed by atoms with Crippen molar-refractivity contribution in [1.29, 1.82) is 0 Å². The first-order valence-corrected chi connectivity index (χ1v) is 11.9. The number of benzene rings is 1. The maximum Gasteiger partial charge on any atom is 0.267 e. The summed E-state index contributed by atoms with van der Waals surface area (Å²) in [5.74, 6) is 2.21. The molecule has 1 fully saturated rings. The van der Waals surface area contributed by atoms with Gasteiger partial charge in [-0.05, 0) is 51.0 Å². The molecule has 11 heteroatoms. The summed E-state index contributed by atoms with van der Waals surface area (Å²) in [7, 11) is 0. The van der Waals surface area contributed by atoms with Gasteiger partial charge in [0, 0.05) is 30.8 Å². The Balaban J connectivity index is 1.22. The average Bonchev–Trinajstić information content (AvgIpc) is 3.59. The van der Waals surface area contributed by atoms with Crippen LogP contribution in [0.25, 0.3) is 11.3 Å². The number of hydrogen-bond acceptors (Lipinski definition) is 9. The van der Waals surface area contributed by atoms with Gasteiger partial charge >= 0.3 is 0 Å². The summed E-state index contributed by atoms with van der Waals surface area (Å²) in [5, 5.41) is 7.31. The zero-order valence-corrected chi connectivity index (χ0v) is 20.3. The summed E-state index contributed by atoms with van der Waals surface area (Å²) in [6, 6.07) is 10.2. The highest BCUT2D eigenvalue weighted by Gasteiger charge is 2.32. The number of carbonyl (C=O) groups is 1. The van der Waals surface area contributed by atoms with Crippen LogP contribution in [0.1, 0.15) is 26.7 Å². The Bertz CT molecular complexity index is 1320. The Morgan fingerprint density at radius 1 is 1.08 bits per heavy atom. The first-order chi connectivity index (χ1) is 17.4. The van der Waals surface area contributed by atoms with Crippen LogP contribution in [0, 0.1) is 0 Å². The van der Waals surface area contributed by atoms with Gasteiger partial charge in [-0.3, -0.25) is 9.59 Å². The number of ether oxygens (including phenoxy) is 3. The van der Waals surface area contributed by atoms with Crippen molar-refractivity contribution in [3.05, 3.63) is 53.1 Å². The van der Waals surface area contributed by atoms with Gasteiger partial charge in [-0.25, -0.2) is 14.6 Å². The lowest BCUT2D eigenvalue weighted by Crippen LogP contribution is -2.50. The number of amides is 1. The minimum Gasteiger partial charge on any atom is -0.476 e. The van der Waals surface area contributed by atoms with Crippen molar-refractivity contribution in [2.45, 2.75) is 32.2 Å². The van der Waals surface area contributed by atoms with E-state index in [1.165, 1.54) is 17.1 Å². The number of rotatable bonds is 8. The molecule has 0 aliphatic carbocycles. The second kappa shape index (κ2) is 9.84. The predicted octanol–water partition coefficient (Wildman–Crippen LogP) is 1.96. The molecule has 0 bridgehead atoms. The molecule has 188 valence electrons. The highest BCUT2D eigenvalue weighted by Crippen LogP contribution is 2.35. The first-order valence-electron chi connectivity index (χ1n) is 11.9. The summed E-state index contributed by atoms with van der Waals surface area (Å²) >= 11 is 0. The Morgan fingerprint density at radius 2 is 1.89 bits per heavy atom. The molecule has 0 unspecified atom stereocenters. The van der Waals surface area contributed by atoms with E-state index in [0.717, 1.165) is 37.3 Å². The van der Waals surface area contributed by atoms with Gasteiger partial charge in [0.15, 0.2) is 11.5 Å². The molecule has 1 saturated heterocycles. The Labute approximate surface area is 208 Å². The molecule has 3 aromatic rings. The lowest BCUT2D eigenvalue weighted by atomic mass is 10.0. The number of hydrogen-bond donors (Lipinski definition) is 1. The fraction of sp³-hybridized carbons (Fsp3) is 0.400. The van der Waals surface area contributed by atoms with E-state index in [1.807, 2.05) is 12.1 Å². The number of nitrogens with zero attached hydrogens (tertiary/aromatic N) is 5. The quantitative estimate of drug-likeness (QED) is 0.470. The van der Waals surface area contributed by atoms with Gasteiger partial charge in [-0.15, -0.1) is 0 Å². The molecule has 2 aromatic heterocycles. The number of fused-ring (bicyclic) bond motifs is 1. The third-order valence-electron chi connectivity index (χ3n) is 6.25. The lowest BCUT2D eigenvalue weighted by molar-refractivity contribution is -0.129. The molecule has 2 aliphatic rings. The van der Waals surface area contributed by atoms with Crippen molar-refractivity contribution in [3.8, 4) is 28.6 Å². The van der Waals surface area contributed by atoms with Crippen LogP contribution < -0.4 is 30.0 Å². The lowest BCUT2D eigenvalue weighted by Gasteiger charge is -2.25. The summed E-state index contributed by atoms with van der Waals surface area (Å²) in [6.45, 7) is 5.87. The molecule has 11 nitrogen and oxygen atoms in total. The molecular formula is C25H28N6O5. The first kappa shape index (κ1) is 23.6. The van der Waals surface area contributed by atoms with Crippen LogP contribution in [0.4, 0.5) is 5.82 Å². The minimum absolute atomic E-state index is 0.166. The molecule has 4 heterocycles. The van der Waals surface area contributed by atoms with E-state index in [2.05, 4.69) is 25.3 Å². The van der Waals surface area contributed by atoms with E-state index >= 15 is 0 Å². The molecule has 5 rings (SSSR count). The Kier molecular flexibility index (Phi) is 6.45. The average molecular weight is 493 g/mol. The maximum atomic E-state index is 13.0. The largest absolute Gasteiger partial charge is 0.476 e. The van der Waals surface area contributed by atoms with Crippen LogP contribution in [0.3, 0.4) is 0 Å². The Morgan fingerprint density at radius 3 is 2.72 bits per heavy atom. The van der Waals surface area contributed by atoms with E-state index in [9.17, 15) is 9.59 Å². The Hall–Kier alpha value is -4.15. The molecule has 0 saturated carbocycles. The van der Waals surface area contributed by atoms with Crippen LogP contribution in [0.5, 0.6) is 17.4 Å². The smallest absolute Gasteiger partial charge is 0.267 e. The van der Waals surface area contributed by atoms with E-state index in [0.29, 0.717) is 23.1 Å². The van der Waals surface area contributed by atoms with Gasteiger partial charge < -0.3 is 24.4 Å². The second-order valence-corrected chi connectivity index (χ2v) is 9.11. The monoisotopic (exact) mass is 492 g/mol. The minimum atomic E-state index is -1.23. The molecular weight excluding hydrogens is 464 g/mol. The van der Waals surface area contributed by atoms with Crippen molar-refractivity contribution >= 4 is 11.7 Å². The van der Waals surface area contributed by atoms with Crippen molar-refractivity contribution in [3.63, 3.8) is 0 Å². The van der Waals surface area contributed by atoms with Gasteiger partial charge in [0.05, 0.1) is 12.2 Å². The predicted molar refractivity (Wildman–Crippen MR) is 131 cm³/mol. The van der Waals surface area contributed by atoms with Gasteiger partial charge in [-0.2, -0.15) is 5.10 Å². The summed E-state index contributed by atoms with van der Waals surface area (Å²) < 4.78 is 17.7. The molecule has 1 aromatic carbocycles. The number of nitrogens with one attached hydrogen (secondary N) is 1. The number of aromatic nitrogens is 4. The molecule has 1 amide bonds. The van der Waals surface area contributed by atoms with E-state index in [4.69, 9.17) is 14.2 Å². The van der Waals surface area contributed by atoms with Crippen molar-refractivity contribution < 1.29 is 19.0 Å². The molecule has 0 radical (unpaired) electrons. The van der Waals surface area contributed by atoms with Crippen LogP contribution in [0.15, 0.2) is 47.5 Å². The maximum absolute atomic E-state index is 13.0.